The molecule has 0 atom stereocenters. The fourth-order valence-electron chi connectivity index (χ4n) is 4.53. The second-order valence-corrected chi connectivity index (χ2v) is 11.9. The predicted octanol–water partition coefficient (Wildman–Crippen LogP) is 7.68. The van der Waals surface area contributed by atoms with Gasteiger partial charge in [-0.15, -0.1) is 18.3 Å². The molecule has 4 aromatic rings. The van der Waals surface area contributed by atoms with Gasteiger partial charge in [-0.3, -0.25) is 9.69 Å². The summed E-state index contributed by atoms with van der Waals surface area (Å²) in [6, 6.07) is 14.3. The first-order valence-electron chi connectivity index (χ1n) is 14.4. The summed E-state index contributed by atoms with van der Waals surface area (Å²) in [7, 11) is 1.69. The lowest BCUT2D eigenvalue weighted by Gasteiger charge is -2.23. The van der Waals surface area contributed by atoms with Crippen molar-refractivity contribution >= 4 is 46.7 Å². The Morgan fingerprint density at radius 2 is 1.85 bits per heavy atom. The summed E-state index contributed by atoms with van der Waals surface area (Å²) in [5.74, 6) is -0.139. The van der Waals surface area contributed by atoms with Gasteiger partial charge in [0.25, 0.3) is 0 Å². The number of thioether (sulfide) groups is 1. The molecule has 0 saturated heterocycles. The maximum absolute atomic E-state index is 15.1. The van der Waals surface area contributed by atoms with Crippen molar-refractivity contribution in [1.29, 1.82) is 0 Å². The number of benzene rings is 3. The van der Waals surface area contributed by atoms with Gasteiger partial charge >= 0.3 is 12.4 Å². The average molecular weight is 672 g/mol. The molecule has 0 fully saturated rings. The van der Waals surface area contributed by atoms with Crippen molar-refractivity contribution in [3.8, 4) is 11.4 Å². The maximum Gasteiger partial charge on any atom is 0.573 e. The summed E-state index contributed by atoms with van der Waals surface area (Å²) in [5, 5.41) is 6.95. The minimum absolute atomic E-state index is 0.0950. The van der Waals surface area contributed by atoms with E-state index in [1.807, 2.05) is 45.9 Å². The van der Waals surface area contributed by atoms with Crippen molar-refractivity contribution < 1.29 is 31.9 Å². The topological polar surface area (TPSA) is 105 Å². The summed E-state index contributed by atoms with van der Waals surface area (Å²) >= 11 is 1.21. The number of alkyl halides is 3. The van der Waals surface area contributed by atoms with Crippen LogP contribution in [-0.4, -0.2) is 51.5 Å². The molecule has 0 unspecified atom stereocenters. The molecule has 3 aromatic carbocycles. The van der Waals surface area contributed by atoms with Crippen LogP contribution in [0, 0.1) is 12.7 Å². The number of nitrogens with zero attached hydrogens (tertiary/aromatic N) is 6. The number of anilines is 3. The zero-order chi connectivity index (χ0) is 34.3. The Balaban J connectivity index is 1.44. The van der Waals surface area contributed by atoms with E-state index in [1.165, 1.54) is 51.9 Å². The van der Waals surface area contributed by atoms with E-state index < -0.39 is 18.2 Å². The Hall–Kier alpha value is -4.92. The molecule has 47 heavy (non-hydrogen) atoms. The lowest BCUT2D eigenvalue weighted by Crippen LogP contribution is -2.30. The minimum Gasteiger partial charge on any atom is -0.406 e. The first-order chi connectivity index (χ1) is 22.3. The Kier molecular flexibility index (Phi) is 11.2. The Morgan fingerprint density at radius 1 is 1.13 bits per heavy atom. The minimum atomic E-state index is -4.79. The van der Waals surface area contributed by atoms with Crippen LogP contribution in [0.4, 0.5) is 39.7 Å². The van der Waals surface area contributed by atoms with E-state index in [2.05, 4.69) is 25.1 Å². The molecule has 0 aliphatic heterocycles. The number of amidine groups is 1. The lowest BCUT2D eigenvalue weighted by atomic mass is 9.99. The van der Waals surface area contributed by atoms with Crippen LogP contribution < -0.4 is 19.9 Å². The van der Waals surface area contributed by atoms with E-state index in [-0.39, 0.29) is 35.0 Å². The molecule has 1 aromatic heterocycles. The number of hydrogen-bond donors (Lipinski definition) is 1. The predicted molar refractivity (Wildman–Crippen MR) is 175 cm³/mol. The van der Waals surface area contributed by atoms with Crippen LogP contribution in [0.1, 0.15) is 43.4 Å². The van der Waals surface area contributed by atoms with Crippen molar-refractivity contribution in [2.75, 3.05) is 27.9 Å². The molecule has 248 valence electrons. The number of ether oxygens (including phenoxy) is 1. The van der Waals surface area contributed by atoms with E-state index >= 15 is 4.39 Å². The summed E-state index contributed by atoms with van der Waals surface area (Å²) in [4.78, 5) is 36.5. The fraction of sp³-hybridized carbons (Fsp3) is 0.281. The SMILES string of the molecule is CCS/C(=N\C(=O)Nc1ccc(CN(C)c2ncn(-c3ccc(OC(F)(F)F)cc3)n2)cc1F)N(C=O)c1cc(C)ccc1C(C)C. The third-order valence-electron chi connectivity index (χ3n) is 6.70. The number of halogens is 4. The molecule has 15 heteroatoms. The van der Waals surface area contributed by atoms with Crippen molar-refractivity contribution in [2.45, 2.75) is 46.5 Å². The van der Waals surface area contributed by atoms with Crippen molar-refractivity contribution in [3.63, 3.8) is 0 Å². The van der Waals surface area contributed by atoms with Crippen LogP contribution in [0.5, 0.6) is 5.75 Å². The lowest BCUT2D eigenvalue weighted by molar-refractivity contribution is -0.274. The Labute approximate surface area is 273 Å². The van der Waals surface area contributed by atoms with E-state index in [1.54, 1.807) is 18.0 Å². The molecule has 10 nitrogen and oxygen atoms in total. The highest BCUT2D eigenvalue weighted by atomic mass is 32.2. The zero-order valence-corrected chi connectivity index (χ0v) is 27.1. The summed E-state index contributed by atoms with van der Waals surface area (Å²) in [5.41, 5.74) is 3.38. The number of aromatic nitrogens is 3. The van der Waals surface area contributed by atoms with Gasteiger partial charge in [0.15, 0.2) is 5.17 Å². The zero-order valence-electron chi connectivity index (χ0n) is 26.2. The molecule has 0 saturated carbocycles. The van der Waals surface area contributed by atoms with Gasteiger partial charge in [0.05, 0.1) is 17.1 Å². The molecule has 1 heterocycles. The highest BCUT2D eigenvalue weighted by Crippen LogP contribution is 2.30. The van der Waals surface area contributed by atoms with Crippen LogP contribution in [0.2, 0.25) is 0 Å². The third-order valence-corrected chi connectivity index (χ3v) is 7.54. The van der Waals surface area contributed by atoms with Crippen LogP contribution >= 0.6 is 11.8 Å². The van der Waals surface area contributed by atoms with Crippen LogP contribution in [0.3, 0.4) is 0 Å². The first-order valence-corrected chi connectivity index (χ1v) is 15.4. The summed E-state index contributed by atoms with van der Waals surface area (Å²) in [6.07, 6.45) is -2.79. The molecule has 0 bridgehead atoms. The average Bonchev–Trinajstić information content (AvgIpc) is 3.49. The summed E-state index contributed by atoms with van der Waals surface area (Å²) in [6.45, 7) is 7.98. The van der Waals surface area contributed by atoms with Crippen molar-refractivity contribution in [3.05, 3.63) is 89.5 Å². The number of nitrogens with one attached hydrogen (secondary N) is 1. The molecular weight excluding hydrogens is 638 g/mol. The van der Waals surface area contributed by atoms with Crippen molar-refractivity contribution in [2.24, 2.45) is 4.99 Å². The second kappa shape index (κ2) is 15.1. The molecule has 0 aliphatic rings. The molecule has 0 aliphatic carbocycles. The van der Waals surface area contributed by atoms with Crippen molar-refractivity contribution in [1.82, 2.24) is 14.8 Å². The fourth-order valence-corrected chi connectivity index (χ4v) is 5.21. The number of carbonyl (C=O) groups excluding carboxylic acids is 2. The first kappa shape index (κ1) is 34.9. The van der Waals surface area contributed by atoms with Crippen LogP contribution in [0.25, 0.3) is 5.69 Å². The van der Waals surface area contributed by atoms with Crippen LogP contribution in [-0.2, 0) is 11.3 Å². The number of aryl methyl sites for hydroxylation is 1. The smallest absolute Gasteiger partial charge is 0.406 e. The van der Waals surface area contributed by atoms with Gasteiger partial charge in [-0.1, -0.05) is 50.7 Å². The largest absolute Gasteiger partial charge is 0.573 e. The van der Waals surface area contributed by atoms with Crippen LogP contribution in [0.15, 0.2) is 72.0 Å². The highest BCUT2D eigenvalue weighted by molar-refractivity contribution is 8.14. The number of urea groups is 1. The summed E-state index contributed by atoms with van der Waals surface area (Å²) < 4.78 is 57.7. The third kappa shape index (κ3) is 9.31. The van der Waals surface area contributed by atoms with Gasteiger partial charge in [-0.25, -0.2) is 13.9 Å². The number of aliphatic imine (C=N–C) groups is 1. The second-order valence-electron chi connectivity index (χ2n) is 10.7. The van der Waals surface area contributed by atoms with E-state index in [4.69, 9.17) is 0 Å². The van der Waals surface area contributed by atoms with Gasteiger partial charge in [0.2, 0.25) is 12.4 Å². The quantitative estimate of drug-likeness (QED) is 0.0798. The number of hydrogen-bond acceptors (Lipinski definition) is 7. The standard InChI is InChI=1S/C32H33F4N7O3S/c1-6-47-31(42(19-44)28-15-21(4)7-13-25(28)20(2)3)39-30(45)38-27-14-8-22(16-26(27)33)17-41(5)29-37-18-43(40-29)23-9-11-24(12-10-23)46-32(34,35)36/h7-16,18-20H,6,17H2,1-5H3,(H,38,45)/b39-31-. The molecule has 1 N–H and O–H groups in total. The number of rotatable bonds is 10. The molecule has 0 spiro atoms. The van der Waals surface area contributed by atoms with Gasteiger partial charge < -0.3 is 15.0 Å². The molecule has 4 rings (SSSR count). The van der Waals surface area contributed by atoms with Gasteiger partial charge in [0, 0.05) is 13.6 Å². The van der Waals surface area contributed by atoms with Gasteiger partial charge in [-0.05, 0) is 77.7 Å². The maximum atomic E-state index is 15.1. The number of carbonyl (C=O) groups is 2. The highest BCUT2D eigenvalue weighted by Gasteiger charge is 2.31. The van der Waals surface area contributed by atoms with Gasteiger partial charge in [0.1, 0.15) is 17.9 Å². The van der Waals surface area contributed by atoms with E-state index in [0.29, 0.717) is 29.1 Å². The van der Waals surface area contributed by atoms with E-state index in [0.717, 1.165) is 23.3 Å². The van der Waals surface area contributed by atoms with Gasteiger partial charge in [-0.2, -0.15) is 9.98 Å². The monoisotopic (exact) mass is 671 g/mol. The van der Waals surface area contributed by atoms with E-state index in [9.17, 15) is 22.8 Å². The molecule has 0 radical (unpaired) electrons. The normalized spacial score (nSPS) is 11.8. The molecule has 3 amide bonds. The molecular formula is C32H33F4N7O3S. The Morgan fingerprint density at radius 3 is 2.47 bits per heavy atom. The number of amides is 3. The Bertz CT molecular complexity index is 1740.